The van der Waals surface area contributed by atoms with Crippen LogP contribution in [0.15, 0.2) is 37.3 Å². The zero-order valence-electron chi connectivity index (χ0n) is 12.4. The lowest BCUT2D eigenvalue weighted by molar-refractivity contribution is -0.132. The Morgan fingerprint density at radius 2 is 2.09 bits per heavy atom. The van der Waals surface area contributed by atoms with Gasteiger partial charge in [-0.1, -0.05) is 0 Å². The normalized spacial score (nSPS) is 21.7. The molecule has 0 saturated carbocycles. The molecule has 22 heavy (non-hydrogen) atoms. The highest BCUT2D eigenvalue weighted by Crippen LogP contribution is 2.38. The molecule has 3 rings (SSSR count). The van der Waals surface area contributed by atoms with E-state index in [4.69, 9.17) is 0 Å². The summed E-state index contributed by atoms with van der Waals surface area (Å²) in [5.41, 5.74) is 0.879. The molecule has 0 unspecified atom stereocenters. The fourth-order valence-corrected chi connectivity index (χ4v) is 3.10. The molecule has 1 aliphatic rings. The molecule has 2 aromatic rings. The van der Waals surface area contributed by atoms with Crippen molar-refractivity contribution >= 4 is 5.91 Å². The molecular formula is C15H18N6O. The molecule has 0 spiro atoms. The van der Waals surface area contributed by atoms with E-state index in [1.807, 2.05) is 0 Å². The number of nitrogens with zero attached hydrogens (tertiary/aromatic N) is 5. The number of carbonyl (C=O) groups excluding carboxylic acids is 1. The summed E-state index contributed by atoms with van der Waals surface area (Å²) >= 11 is 0. The van der Waals surface area contributed by atoms with Crippen LogP contribution >= 0.6 is 0 Å². The predicted molar refractivity (Wildman–Crippen MR) is 79.5 cm³/mol. The largest absolute Gasteiger partial charge is 0.357 e. The second kappa shape index (κ2) is 6.15. The second-order valence-electron chi connectivity index (χ2n) is 5.30. The fourth-order valence-electron chi connectivity index (χ4n) is 3.10. The van der Waals surface area contributed by atoms with Crippen molar-refractivity contribution in [2.24, 2.45) is 0 Å². The van der Waals surface area contributed by atoms with E-state index in [-0.39, 0.29) is 5.91 Å². The lowest BCUT2D eigenvalue weighted by Crippen LogP contribution is -2.52. The molecule has 0 bridgehead atoms. The first-order chi connectivity index (χ1) is 10.8. The molecule has 1 atom stereocenters. The first-order valence-corrected chi connectivity index (χ1v) is 7.25. The predicted octanol–water partition coefficient (Wildman–Crippen LogP) is 0.504. The highest BCUT2D eigenvalue weighted by molar-refractivity contribution is 5.87. The van der Waals surface area contributed by atoms with Crippen LogP contribution in [0.1, 0.15) is 24.1 Å². The Bertz CT molecular complexity index is 635. The third-order valence-corrected chi connectivity index (χ3v) is 4.08. The van der Waals surface area contributed by atoms with Crippen LogP contribution in [0.2, 0.25) is 0 Å². The van der Waals surface area contributed by atoms with E-state index in [9.17, 15) is 4.79 Å². The molecule has 0 aliphatic carbocycles. The number of amides is 1. The van der Waals surface area contributed by atoms with Crippen LogP contribution in [0.25, 0.3) is 0 Å². The molecule has 7 nitrogen and oxygen atoms in total. The average molecular weight is 298 g/mol. The topological polar surface area (TPSA) is 83.9 Å². The monoisotopic (exact) mass is 298 g/mol. The lowest BCUT2D eigenvalue weighted by Gasteiger charge is -2.36. The van der Waals surface area contributed by atoms with Gasteiger partial charge in [0, 0.05) is 43.9 Å². The van der Waals surface area contributed by atoms with Crippen LogP contribution in [0.5, 0.6) is 0 Å². The van der Waals surface area contributed by atoms with E-state index in [2.05, 4.69) is 30.2 Å². The van der Waals surface area contributed by atoms with Crippen LogP contribution in [0.4, 0.5) is 0 Å². The van der Waals surface area contributed by atoms with Crippen molar-refractivity contribution in [3.63, 3.8) is 0 Å². The molecular weight excluding hydrogens is 280 g/mol. The van der Waals surface area contributed by atoms with Gasteiger partial charge >= 0.3 is 0 Å². The van der Waals surface area contributed by atoms with Crippen LogP contribution in [-0.2, 0) is 16.9 Å². The van der Waals surface area contributed by atoms with E-state index < -0.39 is 5.54 Å². The SMILES string of the molecule is CNC(=O)[C@]1(c2cnccn2)CCCN1Cc1cncnc1. The second-order valence-corrected chi connectivity index (χ2v) is 5.30. The summed E-state index contributed by atoms with van der Waals surface area (Å²) in [4.78, 5) is 31.4. The van der Waals surface area contributed by atoms with Crippen molar-refractivity contribution in [2.75, 3.05) is 13.6 Å². The summed E-state index contributed by atoms with van der Waals surface area (Å²) in [6, 6.07) is 0. The average Bonchev–Trinajstić information content (AvgIpc) is 3.00. The Balaban J connectivity index is 1.99. The van der Waals surface area contributed by atoms with Gasteiger partial charge in [-0.25, -0.2) is 9.97 Å². The minimum absolute atomic E-state index is 0.0534. The molecule has 1 aliphatic heterocycles. The smallest absolute Gasteiger partial charge is 0.246 e. The Kier molecular flexibility index (Phi) is 4.06. The minimum atomic E-state index is -0.779. The standard InChI is InChI=1S/C15H18N6O/c1-16-14(22)15(13-9-17-4-5-20-13)3-2-6-21(15)10-12-7-18-11-19-8-12/h4-5,7-9,11H,2-3,6,10H2,1H3,(H,16,22)/t15-/m1/s1. The summed E-state index contributed by atoms with van der Waals surface area (Å²) in [7, 11) is 1.66. The maximum Gasteiger partial charge on any atom is 0.246 e. The zero-order chi connectivity index (χ0) is 15.4. The number of likely N-dealkylation sites (N-methyl/N-ethyl adjacent to an activating group) is 1. The molecule has 1 amide bonds. The van der Waals surface area contributed by atoms with Gasteiger partial charge in [0.2, 0.25) is 5.91 Å². The summed E-state index contributed by atoms with van der Waals surface area (Å²) in [5.74, 6) is -0.0534. The Labute approximate surface area is 128 Å². The third kappa shape index (κ3) is 2.43. The maximum atomic E-state index is 12.7. The molecule has 2 aromatic heterocycles. The van der Waals surface area contributed by atoms with Gasteiger partial charge in [0.15, 0.2) is 0 Å². The van der Waals surface area contributed by atoms with Crippen molar-refractivity contribution in [3.8, 4) is 0 Å². The highest BCUT2D eigenvalue weighted by Gasteiger charge is 2.49. The Hall–Kier alpha value is -2.41. The van der Waals surface area contributed by atoms with Crippen molar-refractivity contribution < 1.29 is 4.79 Å². The van der Waals surface area contributed by atoms with Gasteiger partial charge < -0.3 is 5.32 Å². The lowest BCUT2D eigenvalue weighted by atomic mass is 9.90. The summed E-state index contributed by atoms with van der Waals surface area (Å²) in [5, 5.41) is 2.78. The number of nitrogens with one attached hydrogen (secondary N) is 1. The minimum Gasteiger partial charge on any atom is -0.357 e. The summed E-state index contributed by atoms with van der Waals surface area (Å²) < 4.78 is 0. The number of rotatable bonds is 4. The van der Waals surface area contributed by atoms with Crippen molar-refractivity contribution in [2.45, 2.75) is 24.9 Å². The maximum absolute atomic E-state index is 12.7. The summed E-state index contributed by atoms with van der Waals surface area (Å²) in [6.45, 7) is 1.42. The molecule has 0 radical (unpaired) electrons. The molecule has 0 aromatic carbocycles. The number of likely N-dealkylation sites (tertiary alicyclic amines) is 1. The summed E-state index contributed by atoms with van der Waals surface area (Å²) in [6.07, 6.45) is 11.6. The molecule has 114 valence electrons. The zero-order valence-corrected chi connectivity index (χ0v) is 12.4. The van der Waals surface area contributed by atoms with E-state index in [0.717, 1.165) is 24.9 Å². The quantitative estimate of drug-likeness (QED) is 0.885. The molecule has 1 saturated heterocycles. The fraction of sp³-hybridized carbons (Fsp3) is 0.400. The first kappa shape index (κ1) is 14.5. The van der Waals surface area contributed by atoms with Crippen LogP contribution < -0.4 is 5.32 Å². The van der Waals surface area contributed by atoms with E-state index in [0.29, 0.717) is 12.2 Å². The van der Waals surface area contributed by atoms with Crippen LogP contribution in [-0.4, -0.2) is 44.3 Å². The van der Waals surface area contributed by atoms with Gasteiger partial charge in [0.25, 0.3) is 0 Å². The van der Waals surface area contributed by atoms with Gasteiger partial charge in [-0.15, -0.1) is 0 Å². The Morgan fingerprint density at radius 1 is 1.27 bits per heavy atom. The van der Waals surface area contributed by atoms with Gasteiger partial charge in [0.05, 0.1) is 11.9 Å². The Morgan fingerprint density at radius 3 is 2.77 bits per heavy atom. The molecule has 3 heterocycles. The van der Waals surface area contributed by atoms with Gasteiger partial charge in [-0.2, -0.15) is 0 Å². The molecule has 1 fully saturated rings. The number of carbonyl (C=O) groups is 1. The first-order valence-electron chi connectivity index (χ1n) is 7.25. The van der Waals surface area contributed by atoms with Crippen molar-refractivity contribution in [1.29, 1.82) is 0 Å². The number of hydrogen-bond donors (Lipinski definition) is 1. The van der Waals surface area contributed by atoms with Crippen LogP contribution in [0.3, 0.4) is 0 Å². The van der Waals surface area contributed by atoms with Crippen molar-refractivity contribution in [1.82, 2.24) is 30.2 Å². The third-order valence-electron chi connectivity index (χ3n) is 4.08. The van der Waals surface area contributed by atoms with Crippen molar-refractivity contribution in [3.05, 3.63) is 48.6 Å². The highest BCUT2D eigenvalue weighted by atomic mass is 16.2. The van der Waals surface area contributed by atoms with Gasteiger partial charge in [-0.3, -0.25) is 19.7 Å². The van der Waals surface area contributed by atoms with E-state index >= 15 is 0 Å². The molecule has 1 N–H and O–H groups in total. The van der Waals surface area contributed by atoms with Crippen LogP contribution in [0, 0.1) is 0 Å². The van der Waals surface area contributed by atoms with E-state index in [1.165, 1.54) is 6.33 Å². The van der Waals surface area contributed by atoms with Gasteiger partial charge in [0.1, 0.15) is 11.9 Å². The number of aromatic nitrogens is 4. The number of hydrogen-bond acceptors (Lipinski definition) is 6. The molecule has 7 heteroatoms. The van der Waals surface area contributed by atoms with E-state index in [1.54, 1.807) is 38.0 Å². The van der Waals surface area contributed by atoms with Gasteiger partial charge in [-0.05, 0) is 19.4 Å².